The van der Waals surface area contributed by atoms with Crippen molar-refractivity contribution in [2.24, 2.45) is 0 Å². The molecule has 2 aromatic carbocycles. The molecule has 1 aliphatic heterocycles. The van der Waals surface area contributed by atoms with Crippen molar-refractivity contribution in [3.8, 4) is 17.0 Å². The third-order valence-corrected chi connectivity index (χ3v) is 10.4. The second kappa shape index (κ2) is 11.8. The lowest BCUT2D eigenvalue weighted by atomic mass is 10.0. The van der Waals surface area contributed by atoms with Crippen molar-refractivity contribution in [3.05, 3.63) is 63.1 Å². The number of aromatic hydroxyl groups is 1. The molecule has 0 radical (unpaired) electrons. The quantitative estimate of drug-likeness (QED) is 0.179. The van der Waals surface area contributed by atoms with Gasteiger partial charge in [-0.25, -0.2) is 4.79 Å². The van der Waals surface area contributed by atoms with E-state index in [9.17, 15) is 14.5 Å². The highest BCUT2D eigenvalue weighted by atomic mass is 79.9. The van der Waals surface area contributed by atoms with Gasteiger partial charge >= 0.3 is 10.3 Å². The largest absolute Gasteiger partial charge is 0.609 e. The molecule has 3 heterocycles. The second-order valence-electron chi connectivity index (χ2n) is 9.97. The highest BCUT2D eigenvalue weighted by Crippen LogP contribution is 2.47. The van der Waals surface area contributed by atoms with E-state index < -0.39 is 17.1 Å². The third-order valence-electron chi connectivity index (χ3n) is 7.31. The van der Waals surface area contributed by atoms with Crippen molar-refractivity contribution in [1.82, 2.24) is 14.5 Å². The number of phenols is 1. The molecule has 0 amide bonds. The molecule has 2 fully saturated rings. The molecule has 1 N–H and O–H groups in total. The first-order chi connectivity index (χ1) is 19.5. The van der Waals surface area contributed by atoms with Crippen LogP contribution < -0.4 is 0 Å². The monoisotopic (exact) mass is 643 g/mol. The average molecular weight is 645 g/mol. The highest BCUT2D eigenvalue weighted by molar-refractivity contribution is 9.10. The Morgan fingerprint density at radius 3 is 2.73 bits per heavy atom. The van der Waals surface area contributed by atoms with Crippen molar-refractivity contribution >= 4 is 55.3 Å². The number of ether oxygens (including phenoxy) is 2. The summed E-state index contributed by atoms with van der Waals surface area (Å²) in [6, 6.07) is 11.9. The molecule has 8 nitrogen and oxygen atoms in total. The number of hydrogen-bond donors (Lipinski definition) is 1. The number of carbonyl (C=O) groups is 1. The van der Waals surface area contributed by atoms with E-state index >= 15 is 0 Å². The zero-order valence-corrected chi connectivity index (χ0v) is 25.3. The molecule has 1 saturated carbocycles. The molecule has 1 aliphatic carbocycles. The summed E-state index contributed by atoms with van der Waals surface area (Å²) >= 11 is 3.43. The molecule has 40 heavy (non-hydrogen) atoms. The number of esters is 1. The van der Waals surface area contributed by atoms with Crippen molar-refractivity contribution in [2.45, 2.75) is 42.4 Å². The summed E-state index contributed by atoms with van der Waals surface area (Å²) in [5.74, 6) is -0.234. The standard InChI is InChI=1S/C29H30BrN3O5S2/c1-2-38-28(35)26-24(17-40(36)29-31-22(16-39-29)18-6-4-3-5-7-18)33(19-8-9-19)23-14-21(30)27(34)20(25(23)26)15-32-10-12-37-13-11-32/h3-7,14,16,19,34H,2,8-13,15,17H2,1H3. The van der Waals surface area contributed by atoms with Gasteiger partial charge < -0.3 is 23.7 Å². The number of nitrogens with zero attached hydrogens (tertiary/aromatic N) is 3. The summed E-state index contributed by atoms with van der Waals surface area (Å²) < 4.78 is 28.1. The molecule has 1 saturated heterocycles. The van der Waals surface area contributed by atoms with E-state index in [2.05, 4.69) is 30.4 Å². The molecule has 11 heteroatoms. The fourth-order valence-corrected chi connectivity index (χ4v) is 7.91. The van der Waals surface area contributed by atoms with Gasteiger partial charge in [0.25, 0.3) is 0 Å². The van der Waals surface area contributed by atoms with Crippen molar-refractivity contribution in [1.29, 1.82) is 0 Å². The fourth-order valence-electron chi connectivity index (χ4n) is 5.30. The Bertz CT molecular complexity index is 1530. The molecular weight excluding hydrogens is 614 g/mol. The minimum absolute atomic E-state index is 0.109. The van der Waals surface area contributed by atoms with Crippen LogP contribution in [0.4, 0.5) is 0 Å². The average Bonchev–Trinajstić information content (AvgIpc) is 3.58. The number of fused-ring (bicyclic) bond motifs is 1. The van der Waals surface area contributed by atoms with Crippen LogP contribution in [0.3, 0.4) is 0 Å². The number of rotatable bonds is 9. The predicted octanol–water partition coefficient (Wildman–Crippen LogP) is 5.88. The van der Waals surface area contributed by atoms with E-state index in [-0.39, 0.29) is 24.2 Å². The summed E-state index contributed by atoms with van der Waals surface area (Å²) in [6.07, 6.45) is 1.94. The number of halogens is 1. The summed E-state index contributed by atoms with van der Waals surface area (Å²) in [5.41, 5.74) is 4.32. The Labute approximate surface area is 248 Å². The zero-order valence-electron chi connectivity index (χ0n) is 22.1. The second-order valence-corrected chi connectivity index (χ2v) is 13.3. The predicted molar refractivity (Wildman–Crippen MR) is 159 cm³/mol. The summed E-state index contributed by atoms with van der Waals surface area (Å²) in [6.45, 7) is 5.16. The normalized spacial score (nSPS) is 16.9. The molecule has 6 rings (SSSR count). The molecule has 0 spiro atoms. The Morgan fingerprint density at radius 2 is 2.02 bits per heavy atom. The van der Waals surface area contributed by atoms with Crippen LogP contribution in [0.1, 0.15) is 47.4 Å². The number of thiazole rings is 1. The van der Waals surface area contributed by atoms with E-state index in [1.807, 2.05) is 41.8 Å². The molecule has 2 aromatic heterocycles. The van der Waals surface area contributed by atoms with E-state index in [1.54, 1.807) is 6.92 Å². The van der Waals surface area contributed by atoms with Gasteiger partial charge in [-0.05, 0) is 41.8 Å². The number of carbonyl (C=O) groups excluding carboxylic acids is 1. The number of hydrogen-bond acceptors (Lipinski definition) is 8. The summed E-state index contributed by atoms with van der Waals surface area (Å²) in [4.78, 5) is 20.5. The van der Waals surface area contributed by atoms with Gasteiger partial charge in [0.2, 0.25) is 0 Å². The van der Waals surface area contributed by atoms with E-state index in [4.69, 9.17) is 9.47 Å². The van der Waals surface area contributed by atoms with Crippen molar-refractivity contribution < 1.29 is 23.9 Å². The van der Waals surface area contributed by atoms with Crippen LogP contribution in [0.5, 0.6) is 5.75 Å². The van der Waals surface area contributed by atoms with Gasteiger partial charge in [-0.3, -0.25) is 4.90 Å². The zero-order chi connectivity index (χ0) is 27.8. The number of phenolic OH excluding ortho intramolecular Hbond substituents is 1. The first-order valence-corrected chi connectivity index (χ1v) is 16.4. The fraction of sp³-hybridized carbons (Fsp3) is 0.379. The Balaban J connectivity index is 1.47. The van der Waals surface area contributed by atoms with Gasteiger partial charge in [0.05, 0.1) is 46.8 Å². The summed E-state index contributed by atoms with van der Waals surface area (Å²) in [5, 5.41) is 13.8. The van der Waals surface area contributed by atoms with E-state index in [0.29, 0.717) is 50.8 Å². The van der Waals surface area contributed by atoms with Gasteiger partial charge in [-0.1, -0.05) is 41.7 Å². The maximum absolute atomic E-state index is 13.8. The smallest absolute Gasteiger partial charge is 0.340 e. The number of aromatic nitrogens is 2. The molecule has 1 atom stereocenters. The topological polar surface area (TPSA) is 99.9 Å². The molecule has 4 aromatic rings. The maximum atomic E-state index is 13.8. The molecule has 0 bridgehead atoms. The lowest BCUT2D eigenvalue weighted by Crippen LogP contribution is -2.35. The lowest BCUT2D eigenvalue weighted by Gasteiger charge is -2.27. The van der Waals surface area contributed by atoms with Crippen LogP contribution in [0, 0.1) is 0 Å². The minimum Gasteiger partial charge on any atom is -0.609 e. The molecule has 210 valence electrons. The van der Waals surface area contributed by atoms with Gasteiger partial charge in [0.15, 0.2) is 5.75 Å². The summed E-state index contributed by atoms with van der Waals surface area (Å²) in [7, 11) is 0. The van der Waals surface area contributed by atoms with E-state index in [1.165, 1.54) is 11.3 Å². The molecule has 1 unspecified atom stereocenters. The van der Waals surface area contributed by atoms with Crippen LogP contribution in [-0.2, 0) is 32.9 Å². The third kappa shape index (κ3) is 5.43. The number of morpholine rings is 1. The Hall–Kier alpha value is -2.41. The van der Waals surface area contributed by atoms with Crippen LogP contribution in [-0.4, -0.2) is 63.0 Å². The van der Waals surface area contributed by atoms with Crippen LogP contribution in [0.15, 0.2) is 50.6 Å². The molecule has 2 aliphatic rings. The SMILES string of the molecule is CCOC(=O)c1c(C[S+]([O-])c2nc(-c3ccccc3)cs2)n(C2CC2)c2cc(Br)c(O)c(CN3CCOCC3)c12. The van der Waals surface area contributed by atoms with Crippen molar-refractivity contribution in [2.75, 3.05) is 32.9 Å². The van der Waals surface area contributed by atoms with Crippen molar-refractivity contribution in [3.63, 3.8) is 0 Å². The Morgan fingerprint density at radius 1 is 1.27 bits per heavy atom. The molecular formula is C29H30BrN3O5S2. The maximum Gasteiger partial charge on any atom is 0.340 e. The van der Waals surface area contributed by atoms with Gasteiger partial charge in [0.1, 0.15) is 5.75 Å². The first-order valence-electron chi connectivity index (χ1n) is 13.4. The van der Waals surface area contributed by atoms with Gasteiger partial charge in [0, 0.05) is 58.7 Å². The first kappa shape index (κ1) is 27.7. The number of benzene rings is 2. The van der Waals surface area contributed by atoms with E-state index in [0.717, 1.165) is 42.7 Å². The van der Waals surface area contributed by atoms with Gasteiger partial charge in [-0.15, -0.1) is 0 Å². The van der Waals surface area contributed by atoms with Crippen LogP contribution >= 0.6 is 27.3 Å². The van der Waals surface area contributed by atoms with Crippen LogP contribution in [0.25, 0.3) is 22.2 Å². The highest BCUT2D eigenvalue weighted by Gasteiger charge is 2.37. The minimum atomic E-state index is -1.49. The van der Waals surface area contributed by atoms with Gasteiger partial charge in [-0.2, -0.15) is 4.98 Å². The van der Waals surface area contributed by atoms with Crippen LogP contribution in [0.2, 0.25) is 0 Å². The Kier molecular flexibility index (Phi) is 8.21. The lowest BCUT2D eigenvalue weighted by molar-refractivity contribution is 0.0340.